The van der Waals surface area contributed by atoms with Crippen molar-refractivity contribution in [3.05, 3.63) is 57.8 Å². The second-order valence-corrected chi connectivity index (χ2v) is 9.94. The van der Waals surface area contributed by atoms with Crippen LogP contribution in [-0.4, -0.2) is 48.9 Å². The second kappa shape index (κ2) is 7.05. The van der Waals surface area contributed by atoms with Crippen molar-refractivity contribution in [2.75, 3.05) is 19.6 Å². The molecule has 2 aliphatic heterocycles. The molecular formula is C19H24N2O3S2. The third-order valence-corrected chi connectivity index (χ3v) is 7.98. The summed E-state index contributed by atoms with van der Waals surface area (Å²) in [6.07, 6.45) is 0.584. The van der Waals surface area contributed by atoms with Gasteiger partial charge in [0.15, 0.2) is 0 Å². The van der Waals surface area contributed by atoms with Crippen LogP contribution in [0.25, 0.3) is 0 Å². The zero-order valence-electron chi connectivity index (χ0n) is 15.0. The van der Waals surface area contributed by atoms with E-state index in [0.717, 1.165) is 17.5 Å². The SMILES string of the molecule is C[C@@H]1CN(S(=O)(=O)N2CCc3sccc3[C@@H]2c2ccccc2)C[C@@H](C)O1. The number of hydrogen-bond donors (Lipinski definition) is 0. The fourth-order valence-electron chi connectivity index (χ4n) is 3.99. The highest BCUT2D eigenvalue weighted by Gasteiger charge is 2.42. The van der Waals surface area contributed by atoms with Gasteiger partial charge in [-0.2, -0.15) is 17.0 Å². The Bertz CT molecular complexity index is 856. The largest absolute Gasteiger partial charge is 0.373 e. The van der Waals surface area contributed by atoms with Gasteiger partial charge in [-0.05, 0) is 42.8 Å². The standard InChI is InChI=1S/C19H24N2O3S2/c1-14-12-20(13-15(2)24-14)26(22,23)21-10-8-18-17(9-11-25-18)19(21)16-6-4-3-5-7-16/h3-7,9,11,14-15,19H,8,10,12-13H2,1-2H3/t14-,15-,19+/m1/s1. The van der Waals surface area contributed by atoms with E-state index in [0.29, 0.717) is 19.6 Å². The third-order valence-electron chi connectivity index (χ3n) is 5.05. The second-order valence-electron chi connectivity index (χ2n) is 7.06. The van der Waals surface area contributed by atoms with Gasteiger partial charge in [-0.3, -0.25) is 0 Å². The van der Waals surface area contributed by atoms with Crippen molar-refractivity contribution in [2.45, 2.75) is 38.5 Å². The minimum absolute atomic E-state index is 0.0924. The summed E-state index contributed by atoms with van der Waals surface area (Å²) >= 11 is 1.72. The topological polar surface area (TPSA) is 49.9 Å². The van der Waals surface area contributed by atoms with E-state index in [1.165, 1.54) is 4.88 Å². The minimum Gasteiger partial charge on any atom is -0.373 e. The van der Waals surface area contributed by atoms with Crippen LogP contribution in [0.5, 0.6) is 0 Å². The van der Waals surface area contributed by atoms with Crippen LogP contribution in [0.1, 0.15) is 35.9 Å². The van der Waals surface area contributed by atoms with Crippen molar-refractivity contribution in [3.8, 4) is 0 Å². The molecule has 1 aromatic carbocycles. The smallest absolute Gasteiger partial charge is 0.283 e. The molecule has 0 amide bonds. The first-order chi connectivity index (χ1) is 12.5. The van der Waals surface area contributed by atoms with Crippen LogP contribution in [0.15, 0.2) is 41.8 Å². The van der Waals surface area contributed by atoms with Crippen LogP contribution in [0.2, 0.25) is 0 Å². The number of ether oxygens (including phenoxy) is 1. The van der Waals surface area contributed by atoms with Crippen LogP contribution >= 0.6 is 11.3 Å². The van der Waals surface area contributed by atoms with Gasteiger partial charge in [0.2, 0.25) is 0 Å². The van der Waals surface area contributed by atoms with Crippen LogP contribution in [-0.2, 0) is 21.4 Å². The average molecular weight is 393 g/mol. The molecule has 1 saturated heterocycles. The molecule has 1 aromatic heterocycles. The highest BCUT2D eigenvalue weighted by atomic mass is 32.2. The van der Waals surface area contributed by atoms with Gasteiger partial charge in [0.25, 0.3) is 10.2 Å². The van der Waals surface area contributed by atoms with E-state index in [-0.39, 0.29) is 18.2 Å². The first-order valence-electron chi connectivity index (χ1n) is 9.00. The molecule has 4 rings (SSSR count). The Morgan fingerprint density at radius 3 is 2.46 bits per heavy atom. The van der Waals surface area contributed by atoms with Crippen LogP contribution in [0, 0.1) is 0 Å². The number of rotatable bonds is 3. The minimum atomic E-state index is -3.58. The number of nitrogens with zero attached hydrogens (tertiary/aromatic N) is 2. The molecular weight excluding hydrogens is 368 g/mol. The zero-order valence-corrected chi connectivity index (χ0v) is 16.7. The highest BCUT2D eigenvalue weighted by molar-refractivity contribution is 7.86. The fraction of sp³-hybridized carbons (Fsp3) is 0.474. The molecule has 26 heavy (non-hydrogen) atoms. The first kappa shape index (κ1) is 18.1. The number of morpholine rings is 1. The Hall–Kier alpha value is -1.25. The molecule has 3 atom stereocenters. The molecule has 0 unspecified atom stereocenters. The summed E-state index contributed by atoms with van der Waals surface area (Å²) in [6, 6.07) is 11.8. The molecule has 1 fully saturated rings. The Labute approximate surface area is 159 Å². The van der Waals surface area contributed by atoms with Gasteiger partial charge in [0.1, 0.15) is 0 Å². The van der Waals surface area contributed by atoms with Gasteiger partial charge in [-0.1, -0.05) is 30.3 Å². The first-order valence-corrected chi connectivity index (χ1v) is 11.3. The lowest BCUT2D eigenvalue weighted by atomic mass is 9.95. The van der Waals surface area contributed by atoms with Crippen molar-refractivity contribution in [1.82, 2.24) is 8.61 Å². The predicted molar refractivity (Wildman–Crippen MR) is 104 cm³/mol. The van der Waals surface area contributed by atoms with E-state index in [4.69, 9.17) is 4.74 Å². The molecule has 2 aliphatic rings. The Balaban J connectivity index is 1.74. The Morgan fingerprint density at radius 1 is 1.08 bits per heavy atom. The van der Waals surface area contributed by atoms with Gasteiger partial charge in [-0.25, -0.2) is 0 Å². The van der Waals surface area contributed by atoms with Crippen LogP contribution < -0.4 is 0 Å². The molecule has 0 radical (unpaired) electrons. The average Bonchev–Trinajstić information content (AvgIpc) is 3.09. The summed E-state index contributed by atoms with van der Waals surface area (Å²) in [7, 11) is -3.58. The van der Waals surface area contributed by atoms with Crippen molar-refractivity contribution in [3.63, 3.8) is 0 Å². The molecule has 2 aromatic rings. The van der Waals surface area contributed by atoms with E-state index >= 15 is 0 Å². The summed E-state index contributed by atoms with van der Waals surface area (Å²) in [5, 5.41) is 2.07. The van der Waals surface area contributed by atoms with E-state index in [2.05, 4.69) is 11.4 Å². The maximum atomic E-state index is 13.5. The lowest BCUT2D eigenvalue weighted by Crippen LogP contribution is -2.54. The fourth-order valence-corrected chi connectivity index (χ4v) is 6.81. The highest BCUT2D eigenvalue weighted by Crippen LogP contribution is 2.40. The van der Waals surface area contributed by atoms with E-state index in [1.807, 2.05) is 44.2 Å². The van der Waals surface area contributed by atoms with E-state index in [9.17, 15) is 8.42 Å². The number of hydrogen-bond acceptors (Lipinski definition) is 4. The van der Waals surface area contributed by atoms with Crippen LogP contribution in [0.4, 0.5) is 0 Å². The van der Waals surface area contributed by atoms with Crippen LogP contribution in [0.3, 0.4) is 0 Å². The summed E-state index contributed by atoms with van der Waals surface area (Å²) < 4.78 is 36.1. The summed E-state index contributed by atoms with van der Waals surface area (Å²) in [5.41, 5.74) is 2.13. The Morgan fingerprint density at radius 2 is 1.77 bits per heavy atom. The maximum absolute atomic E-state index is 13.5. The number of fused-ring (bicyclic) bond motifs is 1. The van der Waals surface area contributed by atoms with Gasteiger partial charge in [-0.15, -0.1) is 11.3 Å². The van der Waals surface area contributed by atoms with Crippen molar-refractivity contribution >= 4 is 21.5 Å². The zero-order chi connectivity index (χ0) is 18.3. The lowest BCUT2D eigenvalue weighted by molar-refractivity contribution is -0.0457. The molecule has 0 N–H and O–H groups in total. The summed E-state index contributed by atoms with van der Waals surface area (Å²) in [5.74, 6) is 0. The van der Waals surface area contributed by atoms with Gasteiger partial charge >= 0.3 is 0 Å². The summed E-state index contributed by atoms with van der Waals surface area (Å²) in [6.45, 7) is 5.18. The normalized spacial score (nSPS) is 28.0. The number of thiophene rings is 1. The van der Waals surface area contributed by atoms with Gasteiger partial charge < -0.3 is 4.74 Å². The lowest BCUT2D eigenvalue weighted by Gasteiger charge is -2.41. The molecule has 3 heterocycles. The predicted octanol–water partition coefficient (Wildman–Crippen LogP) is 3.05. The quantitative estimate of drug-likeness (QED) is 0.807. The maximum Gasteiger partial charge on any atom is 0.283 e. The molecule has 0 aliphatic carbocycles. The van der Waals surface area contributed by atoms with Gasteiger partial charge in [0.05, 0.1) is 18.2 Å². The van der Waals surface area contributed by atoms with Gasteiger partial charge in [0, 0.05) is 24.5 Å². The van der Waals surface area contributed by atoms with E-state index in [1.54, 1.807) is 19.9 Å². The van der Waals surface area contributed by atoms with Crippen molar-refractivity contribution < 1.29 is 13.2 Å². The molecule has 7 heteroatoms. The molecule has 140 valence electrons. The molecule has 5 nitrogen and oxygen atoms in total. The molecule has 0 saturated carbocycles. The van der Waals surface area contributed by atoms with E-state index < -0.39 is 10.2 Å². The van der Waals surface area contributed by atoms with Crippen molar-refractivity contribution in [1.29, 1.82) is 0 Å². The van der Waals surface area contributed by atoms with Crippen molar-refractivity contribution in [2.24, 2.45) is 0 Å². The summed E-state index contributed by atoms with van der Waals surface area (Å²) in [4.78, 5) is 1.29. The molecule has 0 spiro atoms. The third kappa shape index (κ3) is 3.23. The number of benzene rings is 1. The monoisotopic (exact) mass is 392 g/mol. The molecule has 0 bridgehead atoms. The Kier molecular flexibility index (Phi) is 4.92.